The number of hydrogen-bond donors (Lipinski definition) is 3. The highest BCUT2D eigenvalue weighted by atomic mass is 19.4. The van der Waals surface area contributed by atoms with Crippen molar-refractivity contribution in [2.24, 2.45) is 5.73 Å². The number of aliphatic carboxylic acids is 1. The van der Waals surface area contributed by atoms with Crippen molar-refractivity contribution in [2.45, 2.75) is 44.9 Å². The number of carboxylic acids is 1. The Hall–Kier alpha value is -1.72. The first-order valence-corrected chi connectivity index (χ1v) is 8.51. The van der Waals surface area contributed by atoms with Crippen molar-refractivity contribution in [3.63, 3.8) is 0 Å². The molecule has 1 aliphatic heterocycles. The van der Waals surface area contributed by atoms with Gasteiger partial charge in [0.25, 0.3) is 0 Å². The van der Waals surface area contributed by atoms with Gasteiger partial charge in [-0.05, 0) is 53.9 Å². The number of nitrogens with two attached hydrogens (primary N) is 1. The molecule has 1 amide bonds. The van der Waals surface area contributed by atoms with Crippen LogP contribution in [0, 0.1) is 0 Å². The molecule has 1 heterocycles. The molecular weight excluding hydrogens is 369 g/mol. The lowest BCUT2D eigenvalue weighted by Gasteiger charge is -2.20. The molecule has 1 aliphatic rings. The number of rotatable bonds is 5. The molecule has 0 spiro atoms. The summed E-state index contributed by atoms with van der Waals surface area (Å²) in [6, 6.07) is -0.371. The fraction of sp³-hybridized carbons (Fsp3) is 0.812. The molecule has 1 saturated heterocycles. The first-order chi connectivity index (χ1) is 12.4. The van der Waals surface area contributed by atoms with E-state index < -0.39 is 24.5 Å². The Kier molecular flexibility index (Phi) is 14.6. The van der Waals surface area contributed by atoms with Crippen LogP contribution in [0.1, 0.15) is 26.7 Å². The Morgan fingerprint density at radius 1 is 1.52 bits per heavy atom. The predicted octanol–water partition coefficient (Wildman–Crippen LogP) is 0.314. The molecular formula is C16H31F3N4O4. The molecule has 0 radical (unpaired) electrons. The van der Waals surface area contributed by atoms with Crippen LogP contribution < -0.4 is 11.1 Å². The molecule has 0 aromatic carbocycles. The average molecular weight is 400 g/mol. The number of hydrogen-bond acceptors (Lipinski definition) is 6. The molecule has 11 heteroatoms. The summed E-state index contributed by atoms with van der Waals surface area (Å²) in [6.45, 7) is 6.79. The van der Waals surface area contributed by atoms with Crippen LogP contribution >= 0.6 is 0 Å². The van der Waals surface area contributed by atoms with Crippen molar-refractivity contribution in [3.8, 4) is 0 Å². The summed E-state index contributed by atoms with van der Waals surface area (Å²) in [6.07, 6.45) is -3.80. The minimum Gasteiger partial charge on any atom is -0.480 e. The van der Waals surface area contributed by atoms with Gasteiger partial charge in [-0.3, -0.25) is 24.2 Å². The SMILES string of the molecule is CC(C(=O)O)N(C)CCCN.CC1C(=O)NCCCN1C.O=CC(F)(F)F. The van der Waals surface area contributed by atoms with Crippen LogP contribution in [0.5, 0.6) is 0 Å². The van der Waals surface area contributed by atoms with Gasteiger partial charge in [0, 0.05) is 13.1 Å². The van der Waals surface area contributed by atoms with E-state index in [1.54, 1.807) is 18.9 Å². The first kappa shape index (κ1) is 27.5. The molecule has 8 nitrogen and oxygen atoms in total. The number of halogens is 3. The molecule has 0 aromatic heterocycles. The van der Waals surface area contributed by atoms with Crippen LogP contribution in [0.2, 0.25) is 0 Å². The zero-order chi connectivity index (χ0) is 21.6. The van der Waals surface area contributed by atoms with Gasteiger partial charge in [-0.2, -0.15) is 13.2 Å². The molecule has 0 aromatic rings. The topological polar surface area (TPSA) is 116 Å². The number of alkyl halides is 3. The van der Waals surface area contributed by atoms with Gasteiger partial charge in [-0.15, -0.1) is 0 Å². The second-order valence-electron chi connectivity index (χ2n) is 6.10. The lowest BCUT2D eigenvalue weighted by Crippen LogP contribution is -2.39. The lowest BCUT2D eigenvalue weighted by molar-refractivity contribution is -0.156. The third-order valence-corrected chi connectivity index (χ3v) is 3.89. The van der Waals surface area contributed by atoms with Gasteiger partial charge in [0.15, 0.2) is 0 Å². The number of carbonyl (C=O) groups is 3. The Morgan fingerprint density at radius 3 is 2.44 bits per heavy atom. The fourth-order valence-electron chi connectivity index (χ4n) is 1.80. The Bertz CT molecular complexity index is 450. The summed E-state index contributed by atoms with van der Waals surface area (Å²) in [5, 5.41) is 11.4. The molecule has 4 N–H and O–H groups in total. The zero-order valence-corrected chi connectivity index (χ0v) is 16.3. The molecule has 1 rings (SSSR count). The van der Waals surface area contributed by atoms with Crippen LogP contribution in [0.3, 0.4) is 0 Å². The van der Waals surface area contributed by atoms with Crippen LogP contribution in [0.4, 0.5) is 13.2 Å². The van der Waals surface area contributed by atoms with E-state index in [2.05, 4.69) is 10.2 Å². The van der Waals surface area contributed by atoms with Gasteiger partial charge < -0.3 is 16.2 Å². The summed E-state index contributed by atoms with van der Waals surface area (Å²) >= 11 is 0. The molecule has 2 unspecified atom stereocenters. The monoisotopic (exact) mass is 400 g/mol. The third-order valence-electron chi connectivity index (χ3n) is 3.89. The maximum Gasteiger partial charge on any atom is 0.446 e. The quantitative estimate of drug-likeness (QED) is 0.569. The maximum absolute atomic E-state index is 11.1. The van der Waals surface area contributed by atoms with E-state index in [0.29, 0.717) is 6.54 Å². The molecule has 0 saturated carbocycles. The van der Waals surface area contributed by atoms with Crippen LogP contribution in [-0.4, -0.2) is 91.6 Å². The maximum atomic E-state index is 11.1. The van der Waals surface area contributed by atoms with Gasteiger partial charge >= 0.3 is 12.1 Å². The largest absolute Gasteiger partial charge is 0.480 e. The second-order valence-corrected chi connectivity index (χ2v) is 6.10. The van der Waals surface area contributed by atoms with Gasteiger partial charge in [0.1, 0.15) is 6.04 Å². The van der Waals surface area contributed by atoms with Crippen LogP contribution in [-0.2, 0) is 14.4 Å². The second kappa shape index (κ2) is 14.4. The normalized spacial score (nSPS) is 18.9. The number of nitrogens with zero attached hydrogens (tertiary/aromatic N) is 2. The predicted molar refractivity (Wildman–Crippen MR) is 95.2 cm³/mol. The number of nitrogens with one attached hydrogen (secondary N) is 1. The van der Waals surface area contributed by atoms with Crippen molar-refractivity contribution in [2.75, 3.05) is 40.3 Å². The number of amides is 1. The lowest BCUT2D eigenvalue weighted by atomic mass is 10.3. The van der Waals surface area contributed by atoms with Gasteiger partial charge in [-0.25, -0.2) is 0 Å². The average Bonchev–Trinajstić information content (AvgIpc) is 2.74. The highest BCUT2D eigenvalue weighted by Gasteiger charge is 2.25. The molecule has 1 fully saturated rings. The molecule has 160 valence electrons. The highest BCUT2D eigenvalue weighted by Crippen LogP contribution is 2.08. The Morgan fingerprint density at radius 2 is 2.04 bits per heavy atom. The molecule has 2 atom stereocenters. The Labute approximate surface area is 157 Å². The van der Waals surface area contributed by atoms with E-state index in [1.807, 2.05) is 14.0 Å². The molecule has 0 bridgehead atoms. The standard InChI is InChI=1S/C7H16N2O2.C7H14N2O.C2HF3O/c1-6(7(10)11)9(2)5-3-4-8;1-6-7(10)8-4-3-5-9(6)2;3-2(4,5)1-6/h6H,3-5,8H2,1-2H3,(H,10,11);6H,3-5H2,1-2H3,(H,8,10);1H. The van der Waals surface area contributed by atoms with Gasteiger partial charge in [-0.1, -0.05) is 0 Å². The molecule has 27 heavy (non-hydrogen) atoms. The summed E-state index contributed by atoms with van der Waals surface area (Å²) in [4.78, 5) is 34.0. The van der Waals surface area contributed by atoms with E-state index >= 15 is 0 Å². The molecule has 0 aliphatic carbocycles. The van der Waals surface area contributed by atoms with Crippen molar-refractivity contribution in [3.05, 3.63) is 0 Å². The minimum atomic E-state index is -4.64. The summed E-state index contributed by atoms with van der Waals surface area (Å²) in [5.74, 6) is -0.635. The number of likely N-dealkylation sites (N-methyl/N-ethyl adjacent to an activating group) is 2. The third kappa shape index (κ3) is 15.1. The summed E-state index contributed by atoms with van der Waals surface area (Å²) < 4.78 is 31.2. The van der Waals surface area contributed by atoms with E-state index in [-0.39, 0.29) is 11.9 Å². The van der Waals surface area contributed by atoms with Crippen LogP contribution in [0.25, 0.3) is 0 Å². The van der Waals surface area contributed by atoms with Gasteiger partial charge in [0.2, 0.25) is 12.2 Å². The fourth-order valence-corrected chi connectivity index (χ4v) is 1.80. The van der Waals surface area contributed by atoms with Crippen LogP contribution in [0.15, 0.2) is 0 Å². The van der Waals surface area contributed by atoms with E-state index in [0.717, 1.165) is 32.5 Å². The van der Waals surface area contributed by atoms with Crippen molar-refractivity contribution in [1.29, 1.82) is 0 Å². The van der Waals surface area contributed by atoms with E-state index in [1.165, 1.54) is 0 Å². The van der Waals surface area contributed by atoms with E-state index in [4.69, 9.17) is 15.6 Å². The summed E-state index contributed by atoms with van der Waals surface area (Å²) in [5.41, 5.74) is 5.28. The van der Waals surface area contributed by atoms with Gasteiger partial charge in [0.05, 0.1) is 6.04 Å². The first-order valence-electron chi connectivity index (χ1n) is 8.51. The smallest absolute Gasteiger partial charge is 0.446 e. The number of carboxylic acid groups (broad SMARTS) is 1. The number of carbonyl (C=O) groups excluding carboxylic acids is 2. The van der Waals surface area contributed by atoms with Crippen molar-refractivity contribution >= 4 is 18.2 Å². The number of aldehydes is 1. The van der Waals surface area contributed by atoms with Crippen molar-refractivity contribution in [1.82, 2.24) is 15.1 Å². The van der Waals surface area contributed by atoms with Crippen molar-refractivity contribution < 1.29 is 32.7 Å². The Balaban J connectivity index is 0. The summed E-state index contributed by atoms with van der Waals surface area (Å²) in [7, 11) is 3.77. The highest BCUT2D eigenvalue weighted by molar-refractivity contribution is 5.81. The van der Waals surface area contributed by atoms with E-state index in [9.17, 15) is 22.8 Å². The zero-order valence-electron chi connectivity index (χ0n) is 16.3. The minimum absolute atomic E-state index is 0.0440.